The Morgan fingerprint density at radius 1 is 1.04 bits per heavy atom. The molecule has 0 radical (unpaired) electrons. The fourth-order valence-electron chi connectivity index (χ4n) is 2.18. The maximum absolute atomic E-state index is 8.82. The third-order valence-electron chi connectivity index (χ3n) is 3.36. The highest BCUT2D eigenvalue weighted by Crippen LogP contribution is 2.31. The molecule has 2 N–H and O–H groups in total. The number of nitrogens with one attached hydrogen (secondary N) is 1. The Hall–Kier alpha value is -1.46. The number of rotatable bonds is 9. The monoisotopic (exact) mass is 369 g/mol. The van der Waals surface area contributed by atoms with Gasteiger partial charge in [0.25, 0.3) is 0 Å². The van der Waals surface area contributed by atoms with E-state index in [1.165, 1.54) is 0 Å². The second-order valence-electron chi connectivity index (χ2n) is 5.10. The van der Waals surface area contributed by atoms with Crippen LogP contribution in [0.4, 0.5) is 0 Å². The van der Waals surface area contributed by atoms with Crippen LogP contribution in [0.25, 0.3) is 0 Å². The molecule has 2 aromatic carbocycles. The van der Waals surface area contributed by atoms with Gasteiger partial charge in [0.15, 0.2) is 11.5 Å². The average molecular weight is 370 g/mol. The normalized spacial score (nSPS) is 10.7. The Labute approximate surface area is 152 Å². The number of aliphatic hydroxyl groups excluding tert-OH is 1. The van der Waals surface area contributed by atoms with E-state index < -0.39 is 0 Å². The molecule has 0 saturated carbocycles. The largest absolute Gasteiger partial charge is 0.490 e. The summed E-state index contributed by atoms with van der Waals surface area (Å²) in [5, 5.41) is 13.1. The van der Waals surface area contributed by atoms with Gasteiger partial charge < -0.3 is 19.9 Å². The summed E-state index contributed by atoms with van der Waals surface area (Å²) in [6.07, 6.45) is 0. The van der Waals surface area contributed by atoms with Crippen molar-refractivity contribution in [3.63, 3.8) is 0 Å². The van der Waals surface area contributed by atoms with Gasteiger partial charge in [-0.15, -0.1) is 0 Å². The molecule has 0 heterocycles. The van der Waals surface area contributed by atoms with Crippen LogP contribution in [-0.2, 0) is 13.2 Å². The Balaban J connectivity index is 2.11. The van der Waals surface area contributed by atoms with E-state index in [2.05, 4.69) is 5.32 Å². The molecular weight excluding hydrogens is 349 g/mol. The Morgan fingerprint density at radius 3 is 2.46 bits per heavy atom. The second kappa shape index (κ2) is 9.74. The molecule has 6 heteroatoms. The molecule has 0 aliphatic heterocycles. The summed E-state index contributed by atoms with van der Waals surface area (Å²) in [5.74, 6) is 1.31. The first-order valence-electron chi connectivity index (χ1n) is 7.78. The van der Waals surface area contributed by atoms with Crippen molar-refractivity contribution in [1.29, 1.82) is 0 Å². The molecular formula is C18H21Cl2NO3. The van der Waals surface area contributed by atoms with Gasteiger partial charge in [-0.05, 0) is 36.8 Å². The Bertz CT molecular complexity index is 644. The number of hydrogen-bond acceptors (Lipinski definition) is 4. The summed E-state index contributed by atoms with van der Waals surface area (Å²) >= 11 is 12.3. The number of benzene rings is 2. The molecule has 0 unspecified atom stereocenters. The van der Waals surface area contributed by atoms with E-state index in [9.17, 15) is 0 Å². The van der Waals surface area contributed by atoms with Crippen LogP contribution in [0.1, 0.15) is 18.1 Å². The maximum atomic E-state index is 8.82. The van der Waals surface area contributed by atoms with E-state index in [4.69, 9.17) is 37.8 Å². The van der Waals surface area contributed by atoms with E-state index in [1.54, 1.807) is 18.2 Å². The summed E-state index contributed by atoms with van der Waals surface area (Å²) in [4.78, 5) is 0. The molecule has 130 valence electrons. The fraction of sp³-hybridized carbons (Fsp3) is 0.333. The van der Waals surface area contributed by atoms with E-state index in [0.717, 1.165) is 11.1 Å². The first-order chi connectivity index (χ1) is 11.7. The molecule has 0 bridgehead atoms. The molecule has 2 rings (SSSR count). The molecule has 0 atom stereocenters. The highest BCUT2D eigenvalue weighted by molar-refractivity contribution is 6.35. The third-order valence-corrected chi connectivity index (χ3v) is 4.07. The maximum Gasteiger partial charge on any atom is 0.161 e. The zero-order valence-corrected chi connectivity index (χ0v) is 15.0. The van der Waals surface area contributed by atoms with Gasteiger partial charge >= 0.3 is 0 Å². The number of halogens is 2. The molecule has 0 saturated heterocycles. The van der Waals surface area contributed by atoms with E-state index in [-0.39, 0.29) is 13.2 Å². The van der Waals surface area contributed by atoms with E-state index in [0.29, 0.717) is 41.2 Å². The quantitative estimate of drug-likeness (QED) is 0.654. The third kappa shape index (κ3) is 5.28. The van der Waals surface area contributed by atoms with Crippen LogP contribution in [-0.4, -0.2) is 24.9 Å². The molecule has 0 aromatic heterocycles. The number of hydrogen-bond donors (Lipinski definition) is 2. The van der Waals surface area contributed by atoms with Gasteiger partial charge in [-0.2, -0.15) is 0 Å². The lowest BCUT2D eigenvalue weighted by Crippen LogP contribution is -2.17. The smallest absolute Gasteiger partial charge is 0.161 e. The lowest BCUT2D eigenvalue weighted by atomic mass is 10.2. The zero-order chi connectivity index (χ0) is 17.4. The molecule has 0 spiro atoms. The van der Waals surface area contributed by atoms with E-state index in [1.807, 2.05) is 25.1 Å². The minimum Gasteiger partial charge on any atom is -0.490 e. The van der Waals surface area contributed by atoms with Gasteiger partial charge in [-0.3, -0.25) is 0 Å². The van der Waals surface area contributed by atoms with Crippen molar-refractivity contribution in [3.05, 3.63) is 57.6 Å². The summed E-state index contributed by atoms with van der Waals surface area (Å²) < 4.78 is 11.5. The SMILES string of the molecule is CCOc1cc(CNCCO)ccc1OCc1c(Cl)cccc1Cl. The van der Waals surface area contributed by atoms with Gasteiger partial charge in [0.2, 0.25) is 0 Å². The van der Waals surface area contributed by atoms with Crippen molar-refractivity contribution in [3.8, 4) is 11.5 Å². The zero-order valence-electron chi connectivity index (χ0n) is 13.5. The van der Waals surface area contributed by atoms with Crippen molar-refractivity contribution in [2.24, 2.45) is 0 Å². The van der Waals surface area contributed by atoms with Crippen molar-refractivity contribution >= 4 is 23.2 Å². The average Bonchev–Trinajstić information content (AvgIpc) is 2.56. The molecule has 0 aliphatic rings. The summed E-state index contributed by atoms with van der Waals surface area (Å²) in [6.45, 7) is 4.03. The Morgan fingerprint density at radius 2 is 1.79 bits per heavy atom. The van der Waals surface area contributed by atoms with Crippen LogP contribution in [0.3, 0.4) is 0 Å². The van der Waals surface area contributed by atoms with Gasteiger partial charge in [0.1, 0.15) is 6.61 Å². The number of ether oxygens (including phenoxy) is 2. The predicted octanol–water partition coefficient (Wildman–Crippen LogP) is 4.05. The molecule has 0 amide bonds. The van der Waals surface area contributed by atoms with Crippen LogP contribution in [0.5, 0.6) is 11.5 Å². The first kappa shape index (κ1) is 18.9. The lowest BCUT2D eigenvalue weighted by Gasteiger charge is -2.15. The minimum absolute atomic E-state index is 0.109. The van der Waals surface area contributed by atoms with Crippen LogP contribution < -0.4 is 14.8 Å². The summed E-state index contributed by atoms with van der Waals surface area (Å²) in [6, 6.07) is 11.1. The highest BCUT2D eigenvalue weighted by Gasteiger charge is 2.10. The molecule has 2 aromatic rings. The van der Waals surface area contributed by atoms with Crippen molar-refractivity contribution in [2.75, 3.05) is 19.8 Å². The van der Waals surface area contributed by atoms with Crippen LogP contribution >= 0.6 is 23.2 Å². The van der Waals surface area contributed by atoms with Gasteiger partial charge in [0.05, 0.1) is 13.2 Å². The Kier molecular flexibility index (Phi) is 7.66. The van der Waals surface area contributed by atoms with Crippen molar-refractivity contribution in [2.45, 2.75) is 20.1 Å². The molecule has 0 aliphatic carbocycles. The van der Waals surface area contributed by atoms with Crippen molar-refractivity contribution < 1.29 is 14.6 Å². The minimum atomic E-state index is 0.109. The van der Waals surface area contributed by atoms with Gasteiger partial charge in [-0.25, -0.2) is 0 Å². The van der Waals surface area contributed by atoms with E-state index >= 15 is 0 Å². The van der Waals surface area contributed by atoms with Crippen molar-refractivity contribution in [1.82, 2.24) is 5.32 Å². The highest BCUT2D eigenvalue weighted by atomic mass is 35.5. The fourth-order valence-corrected chi connectivity index (χ4v) is 2.69. The lowest BCUT2D eigenvalue weighted by molar-refractivity contribution is 0.269. The first-order valence-corrected chi connectivity index (χ1v) is 8.54. The van der Waals surface area contributed by atoms with Crippen LogP contribution in [0.15, 0.2) is 36.4 Å². The molecule has 4 nitrogen and oxygen atoms in total. The summed E-state index contributed by atoms with van der Waals surface area (Å²) in [7, 11) is 0. The number of aliphatic hydroxyl groups is 1. The summed E-state index contributed by atoms with van der Waals surface area (Å²) in [5.41, 5.74) is 1.80. The van der Waals surface area contributed by atoms with Crippen LogP contribution in [0, 0.1) is 0 Å². The molecule has 24 heavy (non-hydrogen) atoms. The standard InChI is InChI=1S/C18H21Cl2NO3/c1-2-23-18-10-13(11-21-8-9-22)6-7-17(18)24-12-14-15(19)4-3-5-16(14)20/h3-7,10,21-22H,2,8-9,11-12H2,1H3. The topological polar surface area (TPSA) is 50.7 Å². The van der Waals surface area contributed by atoms with Crippen LogP contribution in [0.2, 0.25) is 10.0 Å². The molecule has 0 fully saturated rings. The predicted molar refractivity (Wildman–Crippen MR) is 97.2 cm³/mol. The second-order valence-corrected chi connectivity index (χ2v) is 5.92. The van der Waals surface area contributed by atoms with Gasteiger partial charge in [0, 0.05) is 28.7 Å². The van der Waals surface area contributed by atoms with Gasteiger partial charge in [-0.1, -0.05) is 35.3 Å².